The third-order valence-electron chi connectivity index (χ3n) is 5.68. The summed E-state index contributed by atoms with van der Waals surface area (Å²) in [4.78, 5) is 9.58. The van der Waals surface area contributed by atoms with Crippen molar-refractivity contribution in [3.05, 3.63) is 90.1 Å². The maximum atomic E-state index is 5.89. The van der Waals surface area contributed by atoms with E-state index < -0.39 is 0 Å². The van der Waals surface area contributed by atoms with Crippen molar-refractivity contribution in [1.82, 2.24) is 10.4 Å². The van der Waals surface area contributed by atoms with E-state index in [0.717, 1.165) is 22.9 Å². The lowest BCUT2D eigenvalue weighted by Gasteiger charge is -2.12. The average Bonchev–Trinajstić information content (AvgIpc) is 2.92. The summed E-state index contributed by atoms with van der Waals surface area (Å²) in [6.45, 7) is 4.99. The second-order valence-corrected chi connectivity index (χ2v) is 8.83. The zero-order valence-corrected chi connectivity index (χ0v) is 21.6. The van der Waals surface area contributed by atoms with Gasteiger partial charge in [-0.1, -0.05) is 50.2 Å². The maximum Gasteiger partial charge on any atom is 0.173 e. The largest absolute Gasteiger partial charge is 0.494 e. The van der Waals surface area contributed by atoms with Crippen LogP contribution in [0.15, 0.2) is 89.0 Å². The predicted molar refractivity (Wildman–Crippen MR) is 150 cm³/mol. The van der Waals surface area contributed by atoms with Gasteiger partial charge in [0.15, 0.2) is 17.3 Å². The molecule has 3 aromatic carbocycles. The third-order valence-corrected chi connectivity index (χ3v) is 5.68. The smallest absolute Gasteiger partial charge is 0.173 e. The normalized spacial score (nSPS) is 11.8. The molecule has 7 nitrogen and oxygen atoms in total. The number of hydrogen-bond donors (Lipinski definition) is 1. The molecule has 1 N–H and O–H groups in total. The molecule has 1 heterocycles. The summed E-state index contributed by atoms with van der Waals surface area (Å²) in [6.07, 6.45) is 2.69. The van der Waals surface area contributed by atoms with Gasteiger partial charge in [-0.25, -0.2) is 9.98 Å². The van der Waals surface area contributed by atoms with Crippen LogP contribution in [0.5, 0.6) is 17.2 Å². The van der Waals surface area contributed by atoms with Crippen LogP contribution < -0.4 is 19.6 Å². The van der Waals surface area contributed by atoms with E-state index in [0.29, 0.717) is 47.0 Å². The standard InChI is InChI=1S/C30H32N4O3/c1-21(2)17-18-37-28-16-13-22(19-29(28)36-4)20-31-34-30(33-25-11-7-8-12-27(25)35-3)26-15-14-23-9-5-6-10-24(23)32-26/h5-16,19-21H,17-18H2,1-4H3,(H,33,34)/b31-20+. The molecule has 0 radical (unpaired) electrons. The summed E-state index contributed by atoms with van der Waals surface area (Å²) < 4.78 is 16.9. The number of para-hydroxylation sites is 3. The second-order valence-electron chi connectivity index (χ2n) is 8.83. The number of ether oxygens (including phenoxy) is 3. The third kappa shape index (κ3) is 6.85. The lowest BCUT2D eigenvalue weighted by Crippen LogP contribution is -2.20. The Bertz CT molecular complexity index is 1400. The van der Waals surface area contributed by atoms with Crippen molar-refractivity contribution in [1.29, 1.82) is 0 Å². The number of aliphatic imine (C=N–C) groups is 1. The number of hydrazone groups is 1. The van der Waals surface area contributed by atoms with Crippen LogP contribution in [0.3, 0.4) is 0 Å². The molecule has 0 saturated heterocycles. The van der Waals surface area contributed by atoms with E-state index in [1.54, 1.807) is 20.4 Å². The predicted octanol–water partition coefficient (Wildman–Crippen LogP) is 6.38. The van der Waals surface area contributed by atoms with Crippen LogP contribution in [-0.4, -0.2) is 37.9 Å². The molecule has 0 unspecified atom stereocenters. The lowest BCUT2D eigenvalue weighted by molar-refractivity contribution is 0.273. The van der Waals surface area contributed by atoms with Crippen LogP contribution >= 0.6 is 0 Å². The molecule has 4 rings (SSSR count). The number of aromatic nitrogens is 1. The molecular weight excluding hydrogens is 464 g/mol. The van der Waals surface area contributed by atoms with Crippen LogP contribution in [0.2, 0.25) is 0 Å². The van der Waals surface area contributed by atoms with Crippen molar-refractivity contribution in [3.63, 3.8) is 0 Å². The molecule has 7 heteroatoms. The van der Waals surface area contributed by atoms with E-state index in [1.165, 1.54) is 0 Å². The monoisotopic (exact) mass is 496 g/mol. The Labute approximate surface area is 217 Å². The Hall–Kier alpha value is -4.39. The highest BCUT2D eigenvalue weighted by Crippen LogP contribution is 2.28. The first-order valence-electron chi connectivity index (χ1n) is 12.2. The van der Waals surface area contributed by atoms with Gasteiger partial charge >= 0.3 is 0 Å². The Morgan fingerprint density at radius 3 is 2.49 bits per heavy atom. The summed E-state index contributed by atoms with van der Waals surface area (Å²) in [5, 5.41) is 5.51. The fraction of sp³-hybridized carbons (Fsp3) is 0.233. The van der Waals surface area contributed by atoms with E-state index in [9.17, 15) is 0 Å². The Morgan fingerprint density at radius 1 is 0.892 bits per heavy atom. The van der Waals surface area contributed by atoms with E-state index in [4.69, 9.17) is 24.2 Å². The Kier molecular flexibility index (Phi) is 8.70. The molecule has 0 aliphatic heterocycles. The summed E-state index contributed by atoms with van der Waals surface area (Å²) in [5.41, 5.74) is 6.13. The zero-order valence-electron chi connectivity index (χ0n) is 21.6. The van der Waals surface area contributed by atoms with E-state index in [2.05, 4.69) is 24.4 Å². The fourth-order valence-electron chi connectivity index (χ4n) is 3.64. The lowest BCUT2D eigenvalue weighted by atomic mass is 10.1. The summed E-state index contributed by atoms with van der Waals surface area (Å²) >= 11 is 0. The minimum Gasteiger partial charge on any atom is -0.494 e. The van der Waals surface area contributed by atoms with Crippen molar-refractivity contribution in [2.75, 3.05) is 20.8 Å². The molecule has 37 heavy (non-hydrogen) atoms. The first-order valence-corrected chi connectivity index (χ1v) is 12.2. The van der Waals surface area contributed by atoms with Gasteiger partial charge in [0.05, 0.1) is 32.6 Å². The highest BCUT2D eigenvalue weighted by molar-refractivity contribution is 6.01. The van der Waals surface area contributed by atoms with E-state index >= 15 is 0 Å². The quantitative estimate of drug-likeness (QED) is 0.157. The molecule has 0 saturated carbocycles. The molecule has 0 fully saturated rings. The second kappa shape index (κ2) is 12.5. The number of nitrogens with one attached hydrogen (secondary N) is 1. The SMILES string of the molecule is COc1ccccc1N=C(N/N=C/c1ccc(OCCC(C)C)c(OC)c1)c1ccc2ccccc2n1. The van der Waals surface area contributed by atoms with Crippen molar-refractivity contribution in [3.8, 4) is 17.2 Å². The number of hydrogen-bond acceptors (Lipinski definition) is 6. The van der Waals surface area contributed by atoms with E-state index in [1.807, 2.05) is 78.9 Å². The van der Waals surface area contributed by atoms with Gasteiger partial charge in [0.1, 0.15) is 17.1 Å². The number of amidine groups is 1. The molecule has 0 bridgehead atoms. The van der Waals surface area contributed by atoms with Crippen LogP contribution in [0.25, 0.3) is 10.9 Å². The number of pyridine rings is 1. The molecule has 0 spiro atoms. The summed E-state index contributed by atoms with van der Waals surface area (Å²) in [7, 11) is 3.25. The van der Waals surface area contributed by atoms with Crippen molar-refractivity contribution in [2.24, 2.45) is 16.0 Å². The number of rotatable bonds is 10. The molecule has 0 aliphatic carbocycles. The van der Waals surface area contributed by atoms with Crippen LogP contribution in [0.4, 0.5) is 5.69 Å². The van der Waals surface area contributed by atoms with Crippen LogP contribution in [0, 0.1) is 5.92 Å². The number of fused-ring (bicyclic) bond motifs is 1. The van der Waals surface area contributed by atoms with Crippen molar-refractivity contribution < 1.29 is 14.2 Å². The van der Waals surface area contributed by atoms with Gasteiger partial charge in [0, 0.05) is 5.39 Å². The molecule has 1 aromatic heterocycles. The van der Waals surface area contributed by atoms with Crippen molar-refractivity contribution >= 4 is 28.6 Å². The van der Waals surface area contributed by atoms with Gasteiger partial charge in [-0.05, 0) is 60.4 Å². The number of methoxy groups -OCH3 is 2. The molecule has 0 atom stereocenters. The Balaban J connectivity index is 1.60. The van der Waals surface area contributed by atoms with Gasteiger partial charge in [0.2, 0.25) is 0 Å². The molecule has 0 aliphatic rings. The van der Waals surface area contributed by atoms with Crippen LogP contribution in [0.1, 0.15) is 31.5 Å². The fourth-order valence-corrected chi connectivity index (χ4v) is 3.64. The van der Waals surface area contributed by atoms with Gasteiger partial charge in [-0.2, -0.15) is 5.10 Å². The minimum absolute atomic E-state index is 0.493. The summed E-state index contributed by atoms with van der Waals surface area (Å²) in [5.74, 6) is 3.10. The van der Waals surface area contributed by atoms with Gasteiger partial charge in [-0.15, -0.1) is 0 Å². The first kappa shape index (κ1) is 25.7. The topological polar surface area (TPSA) is 77.3 Å². The average molecular weight is 497 g/mol. The van der Waals surface area contributed by atoms with Crippen LogP contribution in [-0.2, 0) is 0 Å². The van der Waals surface area contributed by atoms with Gasteiger partial charge in [-0.3, -0.25) is 5.43 Å². The van der Waals surface area contributed by atoms with Gasteiger partial charge in [0.25, 0.3) is 0 Å². The van der Waals surface area contributed by atoms with E-state index in [-0.39, 0.29) is 0 Å². The minimum atomic E-state index is 0.493. The highest BCUT2D eigenvalue weighted by Gasteiger charge is 2.10. The number of nitrogens with zero attached hydrogens (tertiary/aromatic N) is 3. The highest BCUT2D eigenvalue weighted by atomic mass is 16.5. The maximum absolute atomic E-state index is 5.89. The Morgan fingerprint density at radius 2 is 1.68 bits per heavy atom. The first-order chi connectivity index (χ1) is 18.1. The molecule has 0 amide bonds. The van der Waals surface area contributed by atoms with Gasteiger partial charge < -0.3 is 14.2 Å². The molecular formula is C30H32N4O3. The van der Waals surface area contributed by atoms with Crippen molar-refractivity contribution in [2.45, 2.75) is 20.3 Å². The zero-order chi connectivity index (χ0) is 26.0. The summed E-state index contributed by atoms with van der Waals surface area (Å²) in [6, 6.07) is 25.2. The number of benzene rings is 3. The molecule has 190 valence electrons. The molecule has 4 aromatic rings.